The largest absolute Gasteiger partial charge is 0.481 e. The Bertz CT molecular complexity index is 697. The second-order valence-electron chi connectivity index (χ2n) is 11.3. The molecule has 0 aromatic rings. The first-order chi connectivity index (χ1) is 14.6. The number of aliphatic hydroxyl groups excluding tert-OH is 1. The van der Waals surface area contributed by atoms with Gasteiger partial charge in [-0.25, -0.2) is 0 Å². The normalized spacial score (nSPS) is 41.3. The van der Waals surface area contributed by atoms with Crippen molar-refractivity contribution in [2.75, 3.05) is 0 Å². The van der Waals surface area contributed by atoms with Gasteiger partial charge in [-0.2, -0.15) is 0 Å². The minimum atomic E-state index is -0.675. The molecular weight excluding hydrogens is 388 g/mol. The number of hydrogen-bond donors (Lipinski definition) is 2. The second kappa shape index (κ2) is 9.77. The minimum Gasteiger partial charge on any atom is -0.481 e. The van der Waals surface area contributed by atoms with E-state index in [-0.39, 0.29) is 16.9 Å². The van der Waals surface area contributed by atoms with E-state index in [1.165, 1.54) is 44.1 Å². The van der Waals surface area contributed by atoms with Gasteiger partial charge in [-0.1, -0.05) is 45.6 Å². The highest BCUT2D eigenvalue weighted by Crippen LogP contribution is 2.66. The lowest BCUT2D eigenvalue weighted by Gasteiger charge is -2.60. The lowest BCUT2D eigenvalue weighted by atomic mass is 9.45. The molecule has 4 nitrogen and oxygen atoms in total. The summed E-state index contributed by atoms with van der Waals surface area (Å²) in [5.74, 6) is 2.40. The molecule has 0 amide bonds. The SMILES string of the molecule is CC1=CC(=O)C[C@@H]2CC[C@H]3[C@@H]4CC[C@H](O)[C@@]4(C)CC[C@@H]3[C@@]12C.CCCCCCC(=O)O. The summed E-state index contributed by atoms with van der Waals surface area (Å²) >= 11 is 0. The lowest BCUT2D eigenvalue weighted by Crippen LogP contribution is -2.54. The predicted octanol–water partition coefficient (Wildman–Crippen LogP) is 6.17. The topological polar surface area (TPSA) is 74.6 Å². The zero-order valence-corrected chi connectivity index (χ0v) is 20.2. The van der Waals surface area contributed by atoms with Gasteiger partial charge in [-0.15, -0.1) is 0 Å². The van der Waals surface area contributed by atoms with Gasteiger partial charge in [-0.05, 0) is 92.4 Å². The van der Waals surface area contributed by atoms with Crippen LogP contribution in [0.2, 0.25) is 0 Å². The molecule has 0 aliphatic heterocycles. The van der Waals surface area contributed by atoms with Crippen LogP contribution in [0, 0.1) is 34.5 Å². The highest BCUT2D eigenvalue weighted by atomic mass is 16.4. The molecule has 0 bridgehead atoms. The number of carbonyl (C=O) groups is 2. The molecule has 3 saturated carbocycles. The zero-order chi connectivity index (χ0) is 22.8. The number of aliphatic carboxylic acids is 1. The third kappa shape index (κ3) is 4.65. The number of carboxylic acid groups (broad SMARTS) is 1. The highest BCUT2D eigenvalue weighted by molar-refractivity contribution is 5.91. The molecule has 2 N–H and O–H groups in total. The first-order valence-electron chi connectivity index (χ1n) is 12.8. The Morgan fingerprint density at radius 2 is 1.81 bits per heavy atom. The van der Waals surface area contributed by atoms with Gasteiger partial charge in [0, 0.05) is 12.8 Å². The Labute approximate surface area is 188 Å². The van der Waals surface area contributed by atoms with Crippen molar-refractivity contribution in [3.05, 3.63) is 11.6 Å². The van der Waals surface area contributed by atoms with E-state index in [0.29, 0.717) is 24.0 Å². The fraction of sp³-hybridized carbons (Fsp3) is 0.852. The predicted molar refractivity (Wildman–Crippen MR) is 124 cm³/mol. The molecule has 0 unspecified atom stereocenters. The summed E-state index contributed by atoms with van der Waals surface area (Å²) in [5, 5.41) is 18.7. The number of carboxylic acids is 1. The van der Waals surface area contributed by atoms with E-state index in [9.17, 15) is 14.7 Å². The molecule has 0 radical (unpaired) electrons. The van der Waals surface area contributed by atoms with Crippen LogP contribution in [-0.4, -0.2) is 28.1 Å². The Kier molecular flexibility index (Phi) is 7.71. The van der Waals surface area contributed by atoms with Crippen molar-refractivity contribution in [1.82, 2.24) is 0 Å². The molecular formula is C27H44O4. The van der Waals surface area contributed by atoms with Crippen molar-refractivity contribution in [1.29, 1.82) is 0 Å². The van der Waals surface area contributed by atoms with Gasteiger partial charge < -0.3 is 10.2 Å². The van der Waals surface area contributed by atoms with Crippen molar-refractivity contribution in [3.63, 3.8) is 0 Å². The molecule has 0 aromatic heterocycles. The lowest BCUT2D eigenvalue weighted by molar-refractivity contribution is -0.137. The number of allylic oxidation sites excluding steroid dienone is 2. The van der Waals surface area contributed by atoms with Crippen LogP contribution in [0.25, 0.3) is 0 Å². The number of ketones is 1. The molecule has 0 spiro atoms. The van der Waals surface area contributed by atoms with E-state index in [1.807, 2.05) is 6.08 Å². The van der Waals surface area contributed by atoms with Crippen molar-refractivity contribution < 1.29 is 19.8 Å². The summed E-state index contributed by atoms with van der Waals surface area (Å²) < 4.78 is 0. The average molecular weight is 433 g/mol. The molecule has 4 heteroatoms. The van der Waals surface area contributed by atoms with E-state index in [0.717, 1.165) is 43.9 Å². The third-order valence-corrected chi connectivity index (χ3v) is 9.77. The summed E-state index contributed by atoms with van der Waals surface area (Å²) in [6, 6.07) is 0. The molecule has 31 heavy (non-hydrogen) atoms. The van der Waals surface area contributed by atoms with Crippen LogP contribution in [0.3, 0.4) is 0 Å². The molecule has 176 valence electrons. The van der Waals surface area contributed by atoms with E-state index < -0.39 is 5.97 Å². The maximum Gasteiger partial charge on any atom is 0.303 e. The number of fused-ring (bicyclic) bond motifs is 5. The van der Waals surface area contributed by atoms with E-state index in [2.05, 4.69) is 27.7 Å². The van der Waals surface area contributed by atoms with Gasteiger partial charge in [0.25, 0.3) is 0 Å². The Balaban J connectivity index is 0.000000259. The van der Waals surface area contributed by atoms with Crippen molar-refractivity contribution >= 4 is 11.8 Å². The van der Waals surface area contributed by atoms with Crippen LogP contribution in [0.15, 0.2) is 11.6 Å². The van der Waals surface area contributed by atoms with Crippen LogP contribution in [0.5, 0.6) is 0 Å². The fourth-order valence-electron chi connectivity index (χ4n) is 7.73. The van der Waals surface area contributed by atoms with Gasteiger partial charge in [0.1, 0.15) is 0 Å². The Hall–Kier alpha value is -1.16. The molecule has 4 rings (SSSR count). The molecule has 7 atom stereocenters. The van der Waals surface area contributed by atoms with Crippen LogP contribution in [-0.2, 0) is 9.59 Å². The molecule has 0 aromatic carbocycles. The number of aliphatic hydroxyl groups is 1. The standard InChI is InChI=1S/C20H30O2.C7H14O2/c1-12-10-14(21)11-13-4-5-15-16-6-7-18(22)19(16,2)9-8-17(15)20(12,13)3;1-2-3-4-5-6-7(8)9/h10,13,15-18,22H,4-9,11H2,1-3H3;2-6H2,1H3,(H,8,9)/t13-,15-,16-,17-,18-,19-,20-;/m0./s1. The number of hydrogen-bond acceptors (Lipinski definition) is 3. The smallest absolute Gasteiger partial charge is 0.303 e. The monoisotopic (exact) mass is 432 g/mol. The number of rotatable bonds is 5. The van der Waals surface area contributed by atoms with Crippen LogP contribution >= 0.6 is 0 Å². The summed E-state index contributed by atoms with van der Waals surface area (Å²) in [5.41, 5.74) is 1.73. The molecule has 4 aliphatic carbocycles. The first kappa shape index (κ1) is 24.5. The highest BCUT2D eigenvalue weighted by Gasteiger charge is 2.60. The summed E-state index contributed by atoms with van der Waals surface area (Å²) in [6.45, 7) is 9.10. The summed E-state index contributed by atoms with van der Waals surface area (Å²) in [4.78, 5) is 22.0. The van der Waals surface area contributed by atoms with Crippen molar-refractivity contribution in [2.45, 2.75) is 111 Å². The van der Waals surface area contributed by atoms with Gasteiger partial charge in [-0.3, -0.25) is 9.59 Å². The quantitative estimate of drug-likeness (QED) is 0.510. The summed E-state index contributed by atoms with van der Waals surface area (Å²) in [6.07, 6.45) is 14.3. The van der Waals surface area contributed by atoms with Crippen molar-refractivity contribution in [3.8, 4) is 0 Å². The van der Waals surface area contributed by atoms with Crippen LogP contribution < -0.4 is 0 Å². The van der Waals surface area contributed by atoms with Gasteiger partial charge >= 0.3 is 5.97 Å². The molecule has 3 fully saturated rings. The van der Waals surface area contributed by atoms with E-state index in [4.69, 9.17) is 5.11 Å². The maximum atomic E-state index is 12.0. The van der Waals surface area contributed by atoms with Crippen LogP contribution in [0.1, 0.15) is 105 Å². The average Bonchev–Trinajstić information content (AvgIpc) is 3.02. The minimum absolute atomic E-state index is 0.0893. The number of carbonyl (C=O) groups excluding carboxylic acids is 1. The van der Waals surface area contributed by atoms with Gasteiger partial charge in [0.2, 0.25) is 0 Å². The maximum absolute atomic E-state index is 12.0. The second-order valence-corrected chi connectivity index (χ2v) is 11.3. The molecule has 0 heterocycles. The van der Waals surface area contributed by atoms with Gasteiger partial charge in [0.05, 0.1) is 6.10 Å². The van der Waals surface area contributed by atoms with Crippen LogP contribution in [0.4, 0.5) is 0 Å². The zero-order valence-electron chi connectivity index (χ0n) is 20.2. The first-order valence-corrected chi connectivity index (χ1v) is 12.8. The Morgan fingerprint density at radius 3 is 2.48 bits per heavy atom. The third-order valence-electron chi connectivity index (χ3n) is 9.77. The van der Waals surface area contributed by atoms with E-state index >= 15 is 0 Å². The molecule has 4 aliphatic rings. The van der Waals surface area contributed by atoms with Gasteiger partial charge in [0.15, 0.2) is 5.78 Å². The molecule has 0 saturated heterocycles. The van der Waals surface area contributed by atoms with Crippen molar-refractivity contribution in [2.24, 2.45) is 34.5 Å². The fourth-order valence-corrected chi connectivity index (χ4v) is 7.73. The van der Waals surface area contributed by atoms with E-state index in [1.54, 1.807) is 0 Å². The number of unbranched alkanes of at least 4 members (excludes halogenated alkanes) is 3. The Morgan fingerprint density at radius 1 is 1.06 bits per heavy atom. The summed E-state index contributed by atoms with van der Waals surface area (Å²) in [7, 11) is 0.